The number of ether oxygens (including phenoxy) is 4. The van der Waals surface area contributed by atoms with Crippen molar-refractivity contribution in [2.45, 2.75) is 0 Å². The Hall–Kier alpha value is -3.95. The molecule has 0 aliphatic heterocycles. The molecule has 0 aliphatic carbocycles. The summed E-state index contributed by atoms with van der Waals surface area (Å²) >= 11 is 6.56. The number of benzene rings is 5. The van der Waals surface area contributed by atoms with E-state index in [-0.39, 0.29) is 0 Å². The van der Waals surface area contributed by atoms with Crippen LogP contribution in [0.4, 0.5) is 0 Å². The highest BCUT2D eigenvalue weighted by Crippen LogP contribution is 2.50. The van der Waals surface area contributed by atoms with Gasteiger partial charge in [-0.05, 0) is 60.7 Å². The first kappa shape index (κ1) is 30.5. The molecular formula is C34H31ClO6P2. The van der Waals surface area contributed by atoms with Crippen molar-refractivity contribution < 1.29 is 28.0 Å². The first-order chi connectivity index (χ1) is 21.1. The summed E-state index contributed by atoms with van der Waals surface area (Å²) in [6, 6.07) is 36.7. The normalized spacial score (nSPS) is 10.9. The summed E-state index contributed by atoms with van der Waals surface area (Å²) in [6.45, 7) is 0. The summed E-state index contributed by atoms with van der Waals surface area (Å²) in [4.78, 5) is 0. The molecule has 0 atom stereocenters. The average molecular weight is 633 g/mol. The van der Waals surface area contributed by atoms with Crippen LogP contribution in [0.1, 0.15) is 0 Å². The quantitative estimate of drug-likeness (QED) is 0.135. The Morgan fingerprint density at radius 3 is 1.07 bits per heavy atom. The van der Waals surface area contributed by atoms with Gasteiger partial charge < -0.3 is 28.0 Å². The Balaban J connectivity index is 1.65. The summed E-state index contributed by atoms with van der Waals surface area (Å²) in [7, 11) is 3.64. The van der Waals surface area contributed by atoms with E-state index in [1.165, 1.54) is 0 Å². The molecule has 0 aliphatic rings. The molecule has 0 heterocycles. The van der Waals surface area contributed by atoms with Crippen LogP contribution in [0.3, 0.4) is 0 Å². The molecule has 0 spiro atoms. The summed E-state index contributed by atoms with van der Waals surface area (Å²) in [6.07, 6.45) is 0. The number of methoxy groups -OCH3 is 4. The van der Waals surface area contributed by atoms with Crippen LogP contribution in [0.5, 0.6) is 34.5 Å². The highest BCUT2D eigenvalue weighted by molar-refractivity contribution is 7.69. The topological polar surface area (TPSA) is 55.4 Å². The SMILES string of the molecule is COc1ccccc1P(Oc1ccc(Cl)cc1OP(c1ccccc1OC)c1ccccc1OC)c1ccccc1OC. The third-order valence-corrected chi connectivity index (χ3v) is 10.7. The van der Waals surface area contributed by atoms with Gasteiger partial charge in [0, 0.05) is 11.1 Å². The number of para-hydroxylation sites is 4. The minimum atomic E-state index is -1.49. The van der Waals surface area contributed by atoms with Crippen LogP contribution in [0.25, 0.3) is 0 Å². The molecule has 5 rings (SSSR count). The fourth-order valence-electron chi connectivity index (χ4n) is 4.47. The molecule has 0 amide bonds. The largest absolute Gasteiger partial charge is 0.496 e. The molecule has 0 saturated heterocycles. The van der Waals surface area contributed by atoms with Crippen LogP contribution in [0, 0.1) is 0 Å². The van der Waals surface area contributed by atoms with Gasteiger partial charge in [-0.2, -0.15) is 0 Å². The van der Waals surface area contributed by atoms with Crippen molar-refractivity contribution in [1.82, 2.24) is 0 Å². The van der Waals surface area contributed by atoms with Crippen LogP contribution >= 0.6 is 27.9 Å². The summed E-state index contributed by atoms with van der Waals surface area (Å²) in [5.41, 5.74) is 0. The van der Waals surface area contributed by atoms with Crippen molar-refractivity contribution >= 4 is 49.1 Å². The van der Waals surface area contributed by atoms with Crippen molar-refractivity contribution in [2.75, 3.05) is 28.4 Å². The first-order valence-electron chi connectivity index (χ1n) is 13.4. The van der Waals surface area contributed by atoms with Crippen molar-refractivity contribution in [3.05, 3.63) is 120 Å². The highest BCUT2D eigenvalue weighted by atomic mass is 35.5. The molecule has 0 N–H and O–H groups in total. The van der Waals surface area contributed by atoms with Gasteiger partial charge in [0.25, 0.3) is 0 Å². The average Bonchev–Trinajstić information content (AvgIpc) is 3.06. The Kier molecular flexibility index (Phi) is 10.3. The van der Waals surface area contributed by atoms with E-state index in [0.29, 0.717) is 39.5 Å². The van der Waals surface area contributed by atoms with Crippen LogP contribution < -0.4 is 49.2 Å². The van der Waals surface area contributed by atoms with Gasteiger partial charge in [-0.15, -0.1) is 0 Å². The Morgan fingerprint density at radius 1 is 0.395 bits per heavy atom. The fourth-order valence-corrected chi connectivity index (χ4v) is 8.58. The molecule has 5 aromatic carbocycles. The number of hydrogen-bond donors (Lipinski definition) is 0. The molecule has 0 radical (unpaired) electrons. The van der Waals surface area contributed by atoms with E-state index in [1.54, 1.807) is 40.6 Å². The molecule has 43 heavy (non-hydrogen) atoms. The molecule has 0 fully saturated rings. The number of rotatable bonds is 12. The van der Waals surface area contributed by atoms with Crippen molar-refractivity contribution in [3.63, 3.8) is 0 Å². The molecular weight excluding hydrogens is 602 g/mol. The predicted octanol–water partition coefficient (Wildman–Crippen LogP) is 7.23. The van der Waals surface area contributed by atoms with Gasteiger partial charge in [-0.1, -0.05) is 60.1 Å². The van der Waals surface area contributed by atoms with Gasteiger partial charge in [0.15, 0.2) is 27.8 Å². The lowest BCUT2D eigenvalue weighted by molar-refractivity contribution is 0.416. The zero-order valence-corrected chi connectivity index (χ0v) is 26.7. The molecule has 9 heteroatoms. The first-order valence-corrected chi connectivity index (χ1v) is 16.3. The van der Waals surface area contributed by atoms with E-state index < -0.39 is 16.3 Å². The van der Waals surface area contributed by atoms with Gasteiger partial charge in [-0.3, -0.25) is 0 Å². The maximum Gasteiger partial charge on any atom is 0.167 e. The fraction of sp³-hybridized carbons (Fsp3) is 0.118. The van der Waals surface area contributed by atoms with E-state index in [1.807, 2.05) is 103 Å². The van der Waals surface area contributed by atoms with Gasteiger partial charge in [0.1, 0.15) is 23.0 Å². The molecule has 5 aromatic rings. The Labute approximate surface area is 259 Å². The molecule has 0 saturated carbocycles. The minimum absolute atomic E-state index is 0.479. The Morgan fingerprint density at radius 2 is 0.721 bits per heavy atom. The van der Waals surface area contributed by atoms with E-state index in [9.17, 15) is 0 Å². The predicted molar refractivity (Wildman–Crippen MR) is 177 cm³/mol. The second-order valence-corrected chi connectivity index (χ2v) is 13.0. The van der Waals surface area contributed by atoms with E-state index >= 15 is 0 Å². The minimum Gasteiger partial charge on any atom is -0.496 e. The van der Waals surface area contributed by atoms with E-state index in [2.05, 4.69) is 0 Å². The van der Waals surface area contributed by atoms with Gasteiger partial charge in [0.2, 0.25) is 0 Å². The standard InChI is InChI=1S/C34H31ClO6P2/c1-36-26-13-5-9-17-31(26)42(32-18-10-6-14-27(32)37-2)40-25-22-21-24(35)23-30(25)41-43(33-19-11-7-15-28(33)38-3)34-20-12-8-16-29(34)39-4/h5-23H,1-4H3. The van der Waals surface area contributed by atoms with Gasteiger partial charge in [0.05, 0.1) is 49.7 Å². The third kappa shape index (κ3) is 6.84. The second-order valence-electron chi connectivity index (χ2n) is 9.05. The van der Waals surface area contributed by atoms with Crippen LogP contribution in [-0.4, -0.2) is 28.4 Å². The van der Waals surface area contributed by atoms with E-state index in [0.717, 1.165) is 21.2 Å². The Bertz CT molecular complexity index is 1590. The van der Waals surface area contributed by atoms with Crippen molar-refractivity contribution in [2.24, 2.45) is 0 Å². The molecule has 0 unspecified atom stereocenters. The number of halogens is 1. The zero-order chi connectivity index (χ0) is 30.2. The highest BCUT2D eigenvalue weighted by Gasteiger charge is 2.29. The van der Waals surface area contributed by atoms with Crippen molar-refractivity contribution in [1.29, 1.82) is 0 Å². The molecule has 0 aromatic heterocycles. The van der Waals surface area contributed by atoms with Crippen LogP contribution in [-0.2, 0) is 0 Å². The lowest BCUT2D eigenvalue weighted by Gasteiger charge is -2.26. The third-order valence-electron chi connectivity index (χ3n) is 6.50. The number of hydrogen-bond acceptors (Lipinski definition) is 6. The monoisotopic (exact) mass is 632 g/mol. The molecule has 0 bridgehead atoms. The van der Waals surface area contributed by atoms with Crippen molar-refractivity contribution in [3.8, 4) is 34.5 Å². The van der Waals surface area contributed by atoms with Gasteiger partial charge in [-0.25, -0.2) is 0 Å². The molecule has 6 nitrogen and oxygen atoms in total. The maximum atomic E-state index is 6.91. The zero-order valence-electron chi connectivity index (χ0n) is 24.2. The molecule has 220 valence electrons. The smallest absolute Gasteiger partial charge is 0.167 e. The lowest BCUT2D eigenvalue weighted by Crippen LogP contribution is -2.20. The van der Waals surface area contributed by atoms with Crippen LogP contribution in [0.15, 0.2) is 115 Å². The second kappa shape index (κ2) is 14.5. The summed E-state index contributed by atoms with van der Waals surface area (Å²) in [5, 5.41) is 4.06. The van der Waals surface area contributed by atoms with Gasteiger partial charge >= 0.3 is 0 Å². The summed E-state index contributed by atoms with van der Waals surface area (Å²) in [5.74, 6) is 3.82. The van der Waals surface area contributed by atoms with Crippen LogP contribution in [0.2, 0.25) is 5.02 Å². The lowest BCUT2D eigenvalue weighted by atomic mass is 10.3. The summed E-state index contributed by atoms with van der Waals surface area (Å²) < 4.78 is 36.9. The van der Waals surface area contributed by atoms with E-state index in [4.69, 9.17) is 39.6 Å². The maximum absolute atomic E-state index is 6.91.